The Morgan fingerprint density at radius 1 is 0.390 bits per heavy atom. The van der Waals surface area contributed by atoms with Crippen molar-refractivity contribution in [3.63, 3.8) is 0 Å². The maximum atomic E-state index is 10.3. The van der Waals surface area contributed by atoms with E-state index in [1.165, 1.54) is 128 Å². The molecule has 5 heteroatoms. The molecular formula is C36H68O4Zn. The number of hydrogen-bond donors (Lipinski definition) is 2. The van der Waals surface area contributed by atoms with Gasteiger partial charge in [0, 0.05) is 32.3 Å². The third kappa shape index (κ3) is 49.1. The maximum absolute atomic E-state index is 10.3. The van der Waals surface area contributed by atoms with Crippen molar-refractivity contribution in [1.29, 1.82) is 0 Å². The van der Waals surface area contributed by atoms with Gasteiger partial charge in [0.2, 0.25) is 0 Å². The number of aliphatic carboxylic acids is 2. The van der Waals surface area contributed by atoms with Crippen LogP contribution >= 0.6 is 0 Å². The fourth-order valence-electron chi connectivity index (χ4n) is 4.69. The number of unbranched alkanes of at least 4 members (excludes halogenated alkanes) is 22. The van der Waals surface area contributed by atoms with Gasteiger partial charge in [-0.2, -0.15) is 0 Å². The quantitative estimate of drug-likeness (QED) is 0.0471. The van der Waals surface area contributed by atoms with E-state index in [4.69, 9.17) is 10.2 Å². The summed E-state index contributed by atoms with van der Waals surface area (Å²) in [5, 5.41) is 17.0. The van der Waals surface area contributed by atoms with Gasteiger partial charge in [0.1, 0.15) is 0 Å². The monoisotopic (exact) mass is 628 g/mol. The first-order chi connectivity index (χ1) is 19.5. The van der Waals surface area contributed by atoms with Crippen LogP contribution in [-0.4, -0.2) is 22.2 Å². The molecule has 0 saturated carbocycles. The van der Waals surface area contributed by atoms with E-state index >= 15 is 0 Å². The average Bonchev–Trinajstić information content (AvgIpc) is 2.93. The Labute approximate surface area is 268 Å². The molecule has 0 amide bonds. The van der Waals surface area contributed by atoms with Gasteiger partial charge < -0.3 is 10.2 Å². The molecule has 0 fully saturated rings. The molecule has 0 spiro atoms. The molecule has 41 heavy (non-hydrogen) atoms. The van der Waals surface area contributed by atoms with Crippen LogP contribution in [-0.2, 0) is 29.1 Å². The molecule has 0 aliphatic heterocycles. The van der Waals surface area contributed by atoms with Crippen LogP contribution in [0.2, 0.25) is 0 Å². The van der Waals surface area contributed by atoms with E-state index in [9.17, 15) is 9.59 Å². The van der Waals surface area contributed by atoms with E-state index in [0.717, 1.165) is 38.5 Å². The number of carboxylic acids is 2. The second kappa shape index (κ2) is 41.2. The molecule has 238 valence electrons. The molecule has 0 aromatic rings. The van der Waals surface area contributed by atoms with Crippen LogP contribution in [0.4, 0.5) is 0 Å². The largest absolute Gasteiger partial charge is 0.481 e. The van der Waals surface area contributed by atoms with Gasteiger partial charge in [-0.15, -0.1) is 0 Å². The molecule has 0 heterocycles. The van der Waals surface area contributed by atoms with Crippen molar-refractivity contribution >= 4 is 11.9 Å². The van der Waals surface area contributed by atoms with Crippen molar-refractivity contribution in [2.75, 3.05) is 0 Å². The van der Waals surface area contributed by atoms with Gasteiger partial charge in [-0.25, -0.2) is 0 Å². The second-order valence-electron chi connectivity index (χ2n) is 11.5. The first-order valence-corrected chi connectivity index (χ1v) is 17.3. The predicted molar refractivity (Wildman–Crippen MR) is 174 cm³/mol. The Morgan fingerprint density at radius 2 is 0.610 bits per heavy atom. The summed E-state index contributed by atoms with van der Waals surface area (Å²) in [7, 11) is 0. The fourth-order valence-corrected chi connectivity index (χ4v) is 4.69. The number of rotatable bonds is 30. The number of carbonyl (C=O) groups is 2. The Balaban J connectivity index is -0.000000688. The second-order valence-corrected chi connectivity index (χ2v) is 11.5. The van der Waals surface area contributed by atoms with Crippen LogP contribution < -0.4 is 0 Å². The van der Waals surface area contributed by atoms with Crippen LogP contribution in [0.1, 0.15) is 194 Å². The zero-order valence-corrected chi connectivity index (χ0v) is 30.5. The standard InChI is InChI=1S/2C18H34O2.Zn/c2*1-2-3-4-5-6-7-8-9-10-11-12-13-14-15-16-17-18(19)20;/h2*12-13H,2-11,14-17H2,1H3,(H,19,20);. The van der Waals surface area contributed by atoms with Gasteiger partial charge in [0.05, 0.1) is 0 Å². The number of hydrogen-bond acceptors (Lipinski definition) is 2. The molecule has 0 aromatic carbocycles. The average molecular weight is 630 g/mol. The Morgan fingerprint density at radius 3 is 0.854 bits per heavy atom. The van der Waals surface area contributed by atoms with Crippen molar-refractivity contribution in [1.82, 2.24) is 0 Å². The van der Waals surface area contributed by atoms with Gasteiger partial charge in [-0.05, 0) is 64.2 Å². The molecule has 2 N–H and O–H groups in total. The maximum Gasteiger partial charge on any atom is 0.303 e. The summed E-state index contributed by atoms with van der Waals surface area (Å²) >= 11 is 0. The number of carboxylic acid groups (broad SMARTS) is 2. The van der Waals surface area contributed by atoms with Crippen molar-refractivity contribution in [3.05, 3.63) is 24.3 Å². The van der Waals surface area contributed by atoms with Crippen LogP contribution in [0.15, 0.2) is 24.3 Å². The van der Waals surface area contributed by atoms with Gasteiger partial charge in [0.25, 0.3) is 0 Å². The molecule has 0 atom stereocenters. The van der Waals surface area contributed by atoms with Gasteiger partial charge in [0.15, 0.2) is 0 Å². The molecule has 0 aliphatic rings. The van der Waals surface area contributed by atoms with Gasteiger partial charge >= 0.3 is 11.9 Å². The molecule has 0 radical (unpaired) electrons. The Kier molecular flexibility index (Phi) is 44.7. The molecule has 0 aromatic heterocycles. The molecule has 0 unspecified atom stereocenters. The van der Waals surface area contributed by atoms with Crippen molar-refractivity contribution in [2.24, 2.45) is 0 Å². The third-order valence-electron chi connectivity index (χ3n) is 7.30. The Bertz CT molecular complexity index is 524. The summed E-state index contributed by atoms with van der Waals surface area (Å²) in [5.41, 5.74) is 0. The normalized spacial score (nSPS) is 11.0. The van der Waals surface area contributed by atoms with Gasteiger partial charge in [-0.3, -0.25) is 9.59 Å². The molecule has 0 bridgehead atoms. The van der Waals surface area contributed by atoms with Crippen LogP contribution in [0.5, 0.6) is 0 Å². The summed E-state index contributed by atoms with van der Waals surface area (Å²) in [6.45, 7) is 4.53. The van der Waals surface area contributed by atoms with E-state index in [-0.39, 0.29) is 19.5 Å². The summed E-state index contributed by atoms with van der Waals surface area (Å²) < 4.78 is 0. The van der Waals surface area contributed by atoms with Gasteiger partial charge in [-0.1, -0.05) is 141 Å². The summed E-state index contributed by atoms with van der Waals surface area (Å²) in [5.74, 6) is -1.35. The van der Waals surface area contributed by atoms with Crippen LogP contribution in [0, 0.1) is 0 Å². The summed E-state index contributed by atoms with van der Waals surface area (Å²) in [6, 6.07) is 0. The van der Waals surface area contributed by atoms with E-state index in [2.05, 4.69) is 38.2 Å². The van der Waals surface area contributed by atoms with E-state index < -0.39 is 11.9 Å². The van der Waals surface area contributed by atoms with E-state index in [0.29, 0.717) is 12.8 Å². The van der Waals surface area contributed by atoms with Crippen LogP contribution in [0.3, 0.4) is 0 Å². The minimum atomic E-state index is -0.677. The zero-order valence-electron chi connectivity index (χ0n) is 27.5. The van der Waals surface area contributed by atoms with Crippen LogP contribution in [0.25, 0.3) is 0 Å². The minimum absolute atomic E-state index is 0. The van der Waals surface area contributed by atoms with E-state index in [1.807, 2.05) is 0 Å². The molecular weight excluding hydrogens is 562 g/mol. The smallest absolute Gasteiger partial charge is 0.303 e. The minimum Gasteiger partial charge on any atom is -0.481 e. The first kappa shape index (κ1) is 44.5. The summed E-state index contributed by atoms with van der Waals surface area (Å²) in [4.78, 5) is 20.6. The zero-order chi connectivity index (χ0) is 29.8. The van der Waals surface area contributed by atoms with Crippen molar-refractivity contribution in [3.8, 4) is 0 Å². The first-order valence-electron chi connectivity index (χ1n) is 17.3. The van der Waals surface area contributed by atoms with Crippen molar-refractivity contribution in [2.45, 2.75) is 194 Å². The van der Waals surface area contributed by atoms with Crippen molar-refractivity contribution < 1.29 is 39.3 Å². The molecule has 0 saturated heterocycles. The predicted octanol–water partition coefficient (Wildman–Crippen LogP) is 12.2. The Hall–Kier alpha value is -0.957. The van der Waals surface area contributed by atoms with E-state index in [1.54, 1.807) is 0 Å². The molecule has 4 nitrogen and oxygen atoms in total. The SMILES string of the molecule is CCCCCCCCCCCC=CCCCCC(=O)O.CCCCCCCCCCCC=CCCCCC(=O)O.[Zn]. The fraction of sp³-hybridized carbons (Fsp3) is 0.833. The molecule has 0 rings (SSSR count). The topological polar surface area (TPSA) is 74.6 Å². The number of allylic oxidation sites excluding steroid dienone is 4. The molecule has 0 aliphatic carbocycles. The third-order valence-corrected chi connectivity index (χ3v) is 7.30. The summed E-state index contributed by atoms with van der Waals surface area (Å²) in [6.07, 6.45) is 42.5.